The van der Waals surface area contributed by atoms with Gasteiger partial charge < -0.3 is 15.2 Å². The second-order valence-electron chi connectivity index (χ2n) is 5.61. The molecule has 4 nitrogen and oxygen atoms in total. The van der Waals surface area contributed by atoms with Crippen LogP contribution in [-0.2, 0) is 6.54 Å². The van der Waals surface area contributed by atoms with Gasteiger partial charge in [0, 0.05) is 30.7 Å². The highest BCUT2D eigenvalue weighted by Gasteiger charge is 2.32. The largest absolute Gasteiger partial charge is 0.496 e. The fourth-order valence-corrected chi connectivity index (χ4v) is 2.96. The summed E-state index contributed by atoms with van der Waals surface area (Å²) in [5.74, 6) is 0.793. The zero-order valence-electron chi connectivity index (χ0n) is 12.0. The molecule has 1 aromatic rings. The first kappa shape index (κ1) is 14.8. The minimum absolute atomic E-state index is 0.0417. The fourth-order valence-electron chi connectivity index (χ4n) is 2.96. The van der Waals surface area contributed by atoms with E-state index in [0.29, 0.717) is 12.1 Å². The lowest BCUT2D eigenvalue weighted by Gasteiger charge is -2.27. The number of rotatable bonds is 6. The number of hydrogen-bond acceptors (Lipinski definition) is 4. The molecule has 1 saturated carbocycles. The quantitative estimate of drug-likeness (QED) is 0.834. The highest BCUT2D eigenvalue weighted by molar-refractivity contribution is 5.41. The Labute approximate surface area is 120 Å². The highest BCUT2D eigenvalue weighted by atomic mass is 16.5. The van der Waals surface area contributed by atoms with E-state index in [4.69, 9.17) is 10.00 Å². The molecule has 2 N–H and O–H groups in total. The Morgan fingerprint density at radius 2 is 2.15 bits per heavy atom. The molecule has 0 atom stereocenters. The molecular weight excluding hydrogens is 252 g/mol. The predicted molar refractivity (Wildman–Crippen MR) is 77.4 cm³/mol. The number of methoxy groups -OCH3 is 1. The maximum Gasteiger partial charge on any atom is 0.123 e. The minimum atomic E-state index is 0.0417. The fraction of sp³-hybridized carbons (Fsp3) is 0.562. The van der Waals surface area contributed by atoms with Gasteiger partial charge in [-0.05, 0) is 31.0 Å². The Morgan fingerprint density at radius 3 is 2.75 bits per heavy atom. The van der Waals surface area contributed by atoms with Gasteiger partial charge in [0.25, 0.3) is 0 Å². The van der Waals surface area contributed by atoms with Crippen molar-refractivity contribution in [3.8, 4) is 11.8 Å². The van der Waals surface area contributed by atoms with Gasteiger partial charge in [-0.1, -0.05) is 12.8 Å². The SMILES string of the molecule is COc1ccc(C#N)cc1CNCC1(CO)CCCC1. The van der Waals surface area contributed by atoms with Crippen LogP contribution in [0.3, 0.4) is 0 Å². The molecule has 1 aromatic carbocycles. The second-order valence-corrected chi connectivity index (χ2v) is 5.61. The van der Waals surface area contributed by atoms with Crippen molar-refractivity contribution < 1.29 is 9.84 Å². The number of ether oxygens (including phenoxy) is 1. The number of benzene rings is 1. The number of nitriles is 1. The number of hydrogen-bond donors (Lipinski definition) is 2. The highest BCUT2D eigenvalue weighted by Crippen LogP contribution is 2.37. The summed E-state index contributed by atoms with van der Waals surface area (Å²) in [5, 5.41) is 22.0. The molecule has 0 aliphatic heterocycles. The zero-order valence-corrected chi connectivity index (χ0v) is 12.0. The predicted octanol–water partition coefficient (Wildman–Crippen LogP) is 2.21. The van der Waals surface area contributed by atoms with E-state index in [0.717, 1.165) is 30.7 Å². The van der Waals surface area contributed by atoms with Crippen molar-refractivity contribution in [1.82, 2.24) is 5.32 Å². The van der Waals surface area contributed by atoms with E-state index >= 15 is 0 Å². The molecule has 1 aliphatic rings. The van der Waals surface area contributed by atoms with E-state index in [1.807, 2.05) is 12.1 Å². The summed E-state index contributed by atoms with van der Waals surface area (Å²) in [6, 6.07) is 7.58. The van der Waals surface area contributed by atoms with Crippen LogP contribution in [0.25, 0.3) is 0 Å². The molecule has 20 heavy (non-hydrogen) atoms. The Balaban J connectivity index is 1.98. The first-order valence-corrected chi connectivity index (χ1v) is 7.12. The van der Waals surface area contributed by atoms with E-state index in [-0.39, 0.29) is 12.0 Å². The van der Waals surface area contributed by atoms with Crippen molar-refractivity contribution in [1.29, 1.82) is 5.26 Å². The number of aliphatic hydroxyl groups is 1. The molecule has 2 rings (SSSR count). The van der Waals surface area contributed by atoms with Crippen LogP contribution in [0.15, 0.2) is 18.2 Å². The maximum absolute atomic E-state index is 9.59. The van der Waals surface area contributed by atoms with E-state index in [1.54, 1.807) is 13.2 Å². The third kappa shape index (κ3) is 3.30. The standard InChI is InChI=1S/C16H22N2O2/c1-20-15-5-4-13(9-17)8-14(15)10-18-11-16(12-19)6-2-3-7-16/h4-5,8,18-19H,2-3,6-7,10-12H2,1H3. The van der Waals surface area contributed by atoms with Gasteiger partial charge in [0.05, 0.1) is 18.7 Å². The molecule has 0 heterocycles. The van der Waals surface area contributed by atoms with Gasteiger partial charge in [-0.3, -0.25) is 0 Å². The van der Waals surface area contributed by atoms with Gasteiger partial charge in [0.2, 0.25) is 0 Å². The molecule has 0 radical (unpaired) electrons. The topological polar surface area (TPSA) is 65.3 Å². The van der Waals surface area contributed by atoms with Gasteiger partial charge in [0.15, 0.2) is 0 Å². The summed E-state index contributed by atoms with van der Waals surface area (Å²) in [4.78, 5) is 0. The summed E-state index contributed by atoms with van der Waals surface area (Å²) < 4.78 is 5.32. The van der Waals surface area contributed by atoms with Crippen LogP contribution in [0.1, 0.15) is 36.8 Å². The summed E-state index contributed by atoms with van der Waals surface area (Å²) in [6.07, 6.45) is 4.59. The average molecular weight is 274 g/mol. The Morgan fingerprint density at radius 1 is 1.40 bits per heavy atom. The third-order valence-electron chi connectivity index (χ3n) is 4.22. The van der Waals surface area contributed by atoms with Crippen molar-refractivity contribution >= 4 is 0 Å². The normalized spacial score (nSPS) is 16.9. The van der Waals surface area contributed by atoms with E-state index < -0.39 is 0 Å². The van der Waals surface area contributed by atoms with Crippen LogP contribution in [-0.4, -0.2) is 25.4 Å². The van der Waals surface area contributed by atoms with Gasteiger partial charge in [-0.15, -0.1) is 0 Å². The number of aliphatic hydroxyl groups excluding tert-OH is 1. The summed E-state index contributed by atoms with van der Waals surface area (Å²) in [7, 11) is 1.64. The van der Waals surface area contributed by atoms with Crippen molar-refractivity contribution in [2.24, 2.45) is 5.41 Å². The van der Waals surface area contributed by atoms with Crippen LogP contribution in [0.5, 0.6) is 5.75 Å². The molecule has 0 bridgehead atoms. The summed E-state index contributed by atoms with van der Waals surface area (Å²) in [5.41, 5.74) is 1.66. The van der Waals surface area contributed by atoms with Crippen molar-refractivity contribution in [2.75, 3.05) is 20.3 Å². The van der Waals surface area contributed by atoms with Gasteiger partial charge in [0.1, 0.15) is 5.75 Å². The molecule has 1 aliphatic carbocycles. The van der Waals surface area contributed by atoms with Crippen LogP contribution in [0.4, 0.5) is 0 Å². The average Bonchev–Trinajstić information content (AvgIpc) is 2.96. The molecule has 0 spiro atoms. The maximum atomic E-state index is 9.59. The molecule has 0 amide bonds. The molecule has 1 fully saturated rings. The minimum Gasteiger partial charge on any atom is -0.496 e. The summed E-state index contributed by atoms with van der Waals surface area (Å²) >= 11 is 0. The Hall–Kier alpha value is -1.57. The van der Waals surface area contributed by atoms with Crippen LogP contribution < -0.4 is 10.1 Å². The van der Waals surface area contributed by atoms with Crippen LogP contribution in [0.2, 0.25) is 0 Å². The molecule has 0 unspecified atom stereocenters. The number of nitrogens with zero attached hydrogens (tertiary/aromatic N) is 1. The molecule has 0 saturated heterocycles. The van der Waals surface area contributed by atoms with Crippen molar-refractivity contribution in [3.63, 3.8) is 0 Å². The summed E-state index contributed by atoms with van der Waals surface area (Å²) in [6.45, 7) is 1.71. The second kappa shape index (κ2) is 6.74. The zero-order chi connectivity index (χ0) is 14.4. The van der Waals surface area contributed by atoms with E-state index in [1.165, 1.54) is 12.8 Å². The lowest BCUT2D eigenvalue weighted by molar-refractivity contribution is 0.128. The lowest BCUT2D eigenvalue weighted by Crippen LogP contribution is -2.34. The van der Waals surface area contributed by atoms with Crippen molar-refractivity contribution in [3.05, 3.63) is 29.3 Å². The van der Waals surface area contributed by atoms with Crippen molar-refractivity contribution in [2.45, 2.75) is 32.2 Å². The molecule has 108 valence electrons. The Bertz CT molecular complexity index is 488. The van der Waals surface area contributed by atoms with Gasteiger partial charge >= 0.3 is 0 Å². The monoisotopic (exact) mass is 274 g/mol. The Kier molecular flexibility index (Phi) is 4.99. The first-order valence-electron chi connectivity index (χ1n) is 7.12. The van der Waals surface area contributed by atoms with Gasteiger partial charge in [-0.2, -0.15) is 5.26 Å². The first-order chi connectivity index (χ1) is 9.73. The molecule has 0 aromatic heterocycles. The smallest absolute Gasteiger partial charge is 0.123 e. The van der Waals surface area contributed by atoms with E-state index in [9.17, 15) is 5.11 Å². The lowest BCUT2D eigenvalue weighted by atomic mass is 9.87. The van der Waals surface area contributed by atoms with Crippen LogP contribution >= 0.6 is 0 Å². The van der Waals surface area contributed by atoms with Crippen LogP contribution in [0, 0.1) is 16.7 Å². The van der Waals surface area contributed by atoms with E-state index in [2.05, 4.69) is 11.4 Å². The van der Waals surface area contributed by atoms with Gasteiger partial charge in [-0.25, -0.2) is 0 Å². The number of nitrogens with one attached hydrogen (secondary N) is 1. The molecule has 4 heteroatoms. The molecular formula is C16H22N2O2. The third-order valence-corrected chi connectivity index (χ3v) is 4.22.